The molecule has 0 saturated carbocycles. The zero-order valence-electron chi connectivity index (χ0n) is 16.4. The summed E-state index contributed by atoms with van der Waals surface area (Å²) in [7, 11) is 1.52. The lowest BCUT2D eigenvalue weighted by Gasteiger charge is -2.20. The molecule has 31 heavy (non-hydrogen) atoms. The summed E-state index contributed by atoms with van der Waals surface area (Å²) in [4.78, 5) is 35.9. The molecule has 2 amide bonds. The summed E-state index contributed by atoms with van der Waals surface area (Å²) in [5.41, 5.74) is 6.07. The van der Waals surface area contributed by atoms with Crippen LogP contribution in [0.25, 0.3) is 0 Å². The molecule has 0 spiro atoms. The number of ether oxygens (including phenoxy) is 1. The molecule has 0 heterocycles. The van der Waals surface area contributed by atoms with E-state index >= 15 is 0 Å². The SMILES string of the molecule is COc1ccc(C(=O)NC(S)C(C=O)CC(=O)NNC(=S)Nc2ccccc2Br)cc1. The average Bonchev–Trinajstić information content (AvgIpc) is 2.77. The van der Waals surface area contributed by atoms with Gasteiger partial charge in [-0.1, -0.05) is 12.1 Å². The number of anilines is 1. The molecule has 2 rings (SSSR count). The minimum Gasteiger partial charge on any atom is -0.497 e. The van der Waals surface area contributed by atoms with Crippen LogP contribution in [0.4, 0.5) is 5.69 Å². The number of rotatable bonds is 8. The van der Waals surface area contributed by atoms with E-state index < -0.39 is 23.1 Å². The first-order valence-electron chi connectivity index (χ1n) is 9.02. The number of hydrazine groups is 1. The predicted molar refractivity (Wildman–Crippen MR) is 129 cm³/mol. The van der Waals surface area contributed by atoms with Crippen LogP contribution >= 0.6 is 40.8 Å². The van der Waals surface area contributed by atoms with E-state index in [0.717, 1.165) is 10.2 Å². The van der Waals surface area contributed by atoms with Gasteiger partial charge in [0.1, 0.15) is 12.0 Å². The van der Waals surface area contributed by atoms with Crippen molar-refractivity contribution in [2.45, 2.75) is 11.8 Å². The maximum Gasteiger partial charge on any atom is 0.252 e. The molecule has 0 aliphatic rings. The summed E-state index contributed by atoms with van der Waals surface area (Å²) in [6.07, 6.45) is 0.369. The van der Waals surface area contributed by atoms with E-state index in [2.05, 4.69) is 50.0 Å². The lowest BCUT2D eigenvalue weighted by molar-refractivity contribution is -0.125. The van der Waals surface area contributed by atoms with Crippen molar-refractivity contribution >= 4 is 69.7 Å². The van der Waals surface area contributed by atoms with E-state index in [1.807, 2.05) is 18.2 Å². The number of para-hydroxylation sites is 1. The highest BCUT2D eigenvalue weighted by molar-refractivity contribution is 9.10. The van der Waals surface area contributed by atoms with Crippen molar-refractivity contribution in [2.24, 2.45) is 5.92 Å². The molecular weight excluding hydrogens is 504 g/mol. The first-order valence-corrected chi connectivity index (χ1v) is 10.7. The average molecular weight is 525 g/mol. The third kappa shape index (κ3) is 7.85. The number of hydrogen-bond acceptors (Lipinski definition) is 6. The molecule has 0 bridgehead atoms. The Morgan fingerprint density at radius 2 is 1.84 bits per heavy atom. The Bertz CT molecular complexity index is 943. The molecule has 2 atom stereocenters. The molecule has 0 aromatic heterocycles. The van der Waals surface area contributed by atoms with Gasteiger partial charge in [0.25, 0.3) is 5.91 Å². The molecule has 8 nitrogen and oxygen atoms in total. The normalized spacial score (nSPS) is 12.1. The minimum atomic E-state index is -0.858. The Hall–Kier alpha value is -2.63. The Labute approximate surface area is 199 Å². The highest BCUT2D eigenvalue weighted by Crippen LogP contribution is 2.20. The molecule has 0 radical (unpaired) electrons. The fraction of sp³-hybridized carbons (Fsp3) is 0.200. The van der Waals surface area contributed by atoms with E-state index in [9.17, 15) is 14.4 Å². The quantitative estimate of drug-likeness (QED) is 0.119. The maximum atomic E-state index is 12.3. The minimum absolute atomic E-state index is 0.165. The van der Waals surface area contributed by atoms with Gasteiger partial charge >= 0.3 is 0 Å². The highest BCUT2D eigenvalue weighted by Gasteiger charge is 2.23. The third-order valence-electron chi connectivity index (χ3n) is 4.07. The fourth-order valence-electron chi connectivity index (χ4n) is 2.41. The fourth-order valence-corrected chi connectivity index (χ4v) is 3.25. The van der Waals surface area contributed by atoms with Crippen molar-refractivity contribution in [3.8, 4) is 5.75 Å². The number of amides is 2. The van der Waals surface area contributed by atoms with Crippen molar-refractivity contribution in [1.29, 1.82) is 0 Å². The van der Waals surface area contributed by atoms with Gasteiger partial charge in [-0.25, -0.2) is 0 Å². The van der Waals surface area contributed by atoms with Crippen LogP contribution in [0.3, 0.4) is 0 Å². The van der Waals surface area contributed by atoms with Gasteiger partial charge in [0.05, 0.1) is 24.1 Å². The second-order valence-electron chi connectivity index (χ2n) is 6.26. The molecule has 0 aliphatic carbocycles. The van der Waals surface area contributed by atoms with E-state index in [1.54, 1.807) is 30.3 Å². The number of nitrogens with one attached hydrogen (secondary N) is 4. The number of aldehydes is 1. The predicted octanol–water partition coefficient (Wildman–Crippen LogP) is 2.67. The second-order valence-corrected chi connectivity index (χ2v) is 8.08. The Balaban J connectivity index is 1.82. The molecular formula is C20H21BrN4O4S2. The summed E-state index contributed by atoms with van der Waals surface area (Å²) in [5, 5.41) is 4.83. The molecule has 2 aromatic carbocycles. The summed E-state index contributed by atoms with van der Waals surface area (Å²) < 4.78 is 5.85. The number of carbonyl (C=O) groups is 3. The van der Waals surface area contributed by atoms with Crippen LogP contribution in [0.2, 0.25) is 0 Å². The molecule has 11 heteroatoms. The Morgan fingerprint density at radius 1 is 1.16 bits per heavy atom. The summed E-state index contributed by atoms with van der Waals surface area (Å²) in [5.74, 6) is -1.16. The molecule has 0 fully saturated rings. The molecule has 0 saturated heterocycles. The van der Waals surface area contributed by atoms with E-state index in [4.69, 9.17) is 17.0 Å². The van der Waals surface area contributed by atoms with E-state index in [1.165, 1.54) is 7.11 Å². The highest BCUT2D eigenvalue weighted by atomic mass is 79.9. The molecule has 0 aliphatic heterocycles. The lowest BCUT2D eigenvalue weighted by atomic mass is 10.1. The number of methoxy groups -OCH3 is 1. The van der Waals surface area contributed by atoms with Crippen LogP contribution in [0.1, 0.15) is 16.8 Å². The molecule has 2 aromatic rings. The maximum absolute atomic E-state index is 12.3. The second kappa shape index (κ2) is 12.3. The molecule has 2 unspecified atom stereocenters. The van der Waals surface area contributed by atoms with Crippen molar-refractivity contribution in [2.75, 3.05) is 12.4 Å². The summed E-state index contributed by atoms with van der Waals surface area (Å²) in [6, 6.07) is 13.8. The molecule has 4 N–H and O–H groups in total. The van der Waals surface area contributed by atoms with Crippen molar-refractivity contribution in [3.63, 3.8) is 0 Å². The number of hydrogen-bond donors (Lipinski definition) is 5. The van der Waals surface area contributed by atoms with Gasteiger partial charge in [0, 0.05) is 16.5 Å². The van der Waals surface area contributed by atoms with Crippen molar-refractivity contribution < 1.29 is 19.1 Å². The zero-order chi connectivity index (χ0) is 22.8. The summed E-state index contributed by atoms with van der Waals surface area (Å²) >= 11 is 12.8. The molecule has 164 valence electrons. The van der Waals surface area contributed by atoms with Gasteiger partial charge in [0.2, 0.25) is 5.91 Å². The van der Waals surface area contributed by atoms with Crippen LogP contribution in [0.5, 0.6) is 5.75 Å². The lowest BCUT2D eigenvalue weighted by Crippen LogP contribution is -2.46. The monoisotopic (exact) mass is 524 g/mol. The Morgan fingerprint density at radius 3 is 2.45 bits per heavy atom. The van der Waals surface area contributed by atoms with Gasteiger partial charge in [-0.05, 0) is 64.5 Å². The first-order chi connectivity index (χ1) is 14.8. The van der Waals surface area contributed by atoms with Gasteiger partial charge in [-0.3, -0.25) is 20.4 Å². The zero-order valence-corrected chi connectivity index (χ0v) is 19.7. The van der Waals surface area contributed by atoms with Crippen LogP contribution in [0.15, 0.2) is 53.0 Å². The standard InChI is InChI=1S/C20H21BrN4O4S2/c1-29-14-8-6-12(7-9-14)18(28)23-19(30)13(11-26)10-17(27)24-25-20(31)22-16-5-3-2-4-15(16)21/h2-9,11,13,19,30H,10H2,1H3,(H,23,28)(H,24,27)(H2,22,25,31). The number of thiol groups is 1. The first kappa shape index (κ1) is 24.6. The third-order valence-corrected chi connectivity index (χ3v) is 5.48. The number of thiocarbonyl (C=S) groups is 1. The Kier molecular flexibility index (Phi) is 9.76. The largest absolute Gasteiger partial charge is 0.497 e. The van der Waals surface area contributed by atoms with Gasteiger partial charge in [-0.2, -0.15) is 12.6 Å². The van der Waals surface area contributed by atoms with Crippen molar-refractivity contribution in [1.82, 2.24) is 16.2 Å². The van der Waals surface area contributed by atoms with Crippen LogP contribution in [0, 0.1) is 5.92 Å². The van der Waals surface area contributed by atoms with Crippen LogP contribution in [-0.4, -0.2) is 35.7 Å². The summed E-state index contributed by atoms with van der Waals surface area (Å²) in [6.45, 7) is 0. The van der Waals surface area contributed by atoms with Gasteiger partial charge in [-0.15, -0.1) is 0 Å². The van der Waals surface area contributed by atoms with E-state index in [0.29, 0.717) is 17.6 Å². The van der Waals surface area contributed by atoms with Gasteiger partial charge < -0.3 is 20.2 Å². The topological polar surface area (TPSA) is 109 Å². The van der Waals surface area contributed by atoms with Crippen molar-refractivity contribution in [3.05, 3.63) is 58.6 Å². The number of halogens is 1. The van der Waals surface area contributed by atoms with Gasteiger partial charge in [0.15, 0.2) is 5.11 Å². The van der Waals surface area contributed by atoms with Crippen LogP contribution in [-0.2, 0) is 9.59 Å². The smallest absolute Gasteiger partial charge is 0.252 e. The van der Waals surface area contributed by atoms with E-state index in [-0.39, 0.29) is 11.5 Å². The number of benzene rings is 2. The number of carbonyl (C=O) groups excluding carboxylic acids is 3. The van der Waals surface area contributed by atoms with Crippen LogP contribution < -0.4 is 26.2 Å².